The summed E-state index contributed by atoms with van der Waals surface area (Å²) >= 11 is 0. The van der Waals surface area contributed by atoms with Crippen molar-refractivity contribution in [2.75, 3.05) is 13.1 Å². The van der Waals surface area contributed by atoms with Crippen molar-refractivity contribution in [1.82, 2.24) is 34.3 Å². The standard InChI is InChI=1S/C29H33N7O6/c1-27(2,3)41-25(39)34-14-9-17-19(31-15-32-22(17)34)16-7-8-18-20(21(16)37)33-23-29(10-12-30-13-11-29)36(24(38)35(18)23)26(40)42-28(4,5)6/h7-9,14-15,30,37H,10-13H2,1-6H3. The van der Waals surface area contributed by atoms with Crippen LogP contribution in [0.1, 0.15) is 60.2 Å². The average Bonchev–Trinajstić information content (AvgIpc) is 3.55. The van der Waals surface area contributed by atoms with Crippen LogP contribution in [0.25, 0.3) is 33.3 Å². The van der Waals surface area contributed by atoms with Crippen LogP contribution in [0, 0.1) is 0 Å². The molecule has 5 heterocycles. The van der Waals surface area contributed by atoms with Gasteiger partial charge in [-0.25, -0.2) is 43.4 Å². The van der Waals surface area contributed by atoms with Crippen molar-refractivity contribution in [2.45, 2.75) is 71.1 Å². The number of phenolic OH excluding ortho intramolecular Hbond substituents is 1. The maximum atomic E-state index is 13.9. The Morgan fingerprint density at radius 1 is 0.976 bits per heavy atom. The molecule has 42 heavy (non-hydrogen) atoms. The number of amides is 2. The van der Waals surface area contributed by atoms with Crippen molar-refractivity contribution in [1.29, 1.82) is 0 Å². The molecule has 2 aliphatic rings. The Kier molecular flexibility index (Phi) is 6.08. The molecule has 3 aromatic heterocycles. The second-order valence-electron chi connectivity index (χ2n) is 12.6. The van der Waals surface area contributed by atoms with E-state index in [2.05, 4.69) is 15.3 Å². The fourth-order valence-corrected chi connectivity index (χ4v) is 5.68. The smallest absolute Gasteiger partial charge is 0.420 e. The summed E-state index contributed by atoms with van der Waals surface area (Å²) < 4.78 is 13.8. The normalized spacial score (nSPS) is 16.8. The predicted molar refractivity (Wildman–Crippen MR) is 152 cm³/mol. The third-order valence-corrected chi connectivity index (χ3v) is 7.36. The van der Waals surface area contributed by atoms with Crippen molar-refractivity contribution in [2.24, 2.45) is 0 Å². The number of piperidine rings is 1. The summed E-state index contributed by atoms with van der Waals surface area (Å²) in [6.45, 7) is 11.7. The van der Waals surface area contributed by atoms with E-state index in [1.54, 1.807) is 65.9 Å². The molecule has 1 spiro atoms. The van der Waals surface area contributed by atoms with Gasteiger partial charge in [-0.2, -0.15) is 0 Å². The van der Waals surface area contributed by atoms with Gasteiger partial charge in [0.1, 0.15) is 34.4 Å². The van der Waals surface area contributed by atoms with E-state index >= 15 is 0 Å². The topological polar surface area (TPSA) is 154 Å². The Labute approximate surface area is 241 Å². The van der Waals surface area contributed by atoms with E-state index in [0.29, 0.717) is 59.6 Å². The monoisotopic (exact) mass is 575 g/mol. The summed E-state index contributed by atoms with van der Waals surface area (Å²) in [7, 11) is 0. The number of phenols is 1. The van der Waals surface area contributed by atoms with Crippen molar-refractivity contribution in [3.63, 3.8) is 0 Å². The molecule has 13 heteroatoms. The molecule has 0 saturated carbocycles. The highest BCUT2D eigenvalue weighted by Gasteiger charge is 2.57. The van der Waals surface area contributed by atoms with Crippen LogP contribution in [0.4, 0.5) is 14.4 Å². The number of benzene rings is 1. The minimum absolute atomic E-state index is 0.180. The van der Waals surface area contributed by atoms with Gasteiger partial charge in [-0.15, -0.1) is 0 Å². The molecule has 1 aromatic carbocycles. The van der Waals surface area contributed by atoms with E-state index in [-0.39, 0.29) is 11.3 Å². The lowest BCUT2D eigenvalue weighted by Crippen LogP contribution is -2.54. The van der Waals surface area contributed by atoms with Crippen LogP contribution < -0.4 is 5.32 Å². The molecule has 2 aliphatic heterocycles. The zero-order chi connectivity index (χ0) is 30.2. The van der Waals surface area contributed by atoms with E-state index in [1.165, 1.54) is 20.4 Å². The molecule has 0 aliphatic carbocycles. The number of fused-ring (bicyclic) bond motifs is 5. The predicted octanol–water partition coefficient (Wildman–Crippen LogP) is 4.73. The number of aromatic nitrogens is 5. The molecule has 0 atom stereocenters. The first-order chi connectivity index (χ1) is 19.7. The van der Waals surface area contributed by atoms with Gasteiger partial charge in [-0.3, -0.25) is 0 Å². The number of carbonyl (C=O) groups excluding carboxylic acids is 3. The van der Waals surface area contributed by atoms with E-state index in [9.17, 15) is 19.5 Å². The Hall–Kier alpha value is -4.52. The van der Waals surface area contributed by atoms with E-state index < -0.39 is 35.0 Å². The van der Waals surface area contributed by atoms with Gasteiger partial charge in [0.05, 0.1) is 11.2 Å². The van der Waals surface area contributed by atoms with Gasteiger partial charge in [0.15, 0.2) is 11.4 Å². The molecule has 2 N–H and O–H groups in total. The van der Waals surface area contributed by atoms with Crippen LogP contribution >= 0.6 is 0 Å². The third-order valence-electron chi connectivity index (χ3n) is 7.36. The number of nitrogens with one attached hydrogen (secondary N) is 1. The van der Waals surface area contributed by atoms with Crippen LogP contribution in [0.15, 0.2) is 30.7 Å². The minimum Gasteiger partial charge on any atom is -0.505 e. The average molecular weight is 576 g/mol. The summed E-state index contributed by atoms with van der Waals surface area (Å²) in [6, 6.07) is 4.41. The Morgan fingerprint density at radius 2 is 1.64 bits per heavy atom. The lowest BCUT2D eigenvalue weighted by Gasteiger charge is -2.39. The Bertz CT molecular complexity index is 1770. The molecule has 0 radical (unpaired) electrons. The molecule has 220 valence electrons. The number of hydrogen-bond donors (Lipinski definition) is 2. The molecule has 1 saturated heterocycles. The molecule has 1 fully saturated rings. The molecule has 0 bridgehead atoms. The Morgan fingerprint density at radius 3 is 2.31 bits per heavy atom. The van der Waals surface area contributed by atoms with Crippen molar-refractivity contribution in [3.05, 3.63) is 36.5 Å². The van der Waals surface area contributed by atoms with Crippen LogP contribution in [0.2, 0.25) is 0 Å². The zero-order valence-corrected chi connectivity index (χ0v) is 24.4. The number of ether oxygens (including phenoxy) is 2. The largest absolute Gasteiger partial charge is 0.505 e. The fourth-order valence-electron chi connectivity index (χ4n) is 5.68. The second kappa shape index (κ2) is 9.24. The Balaban J connectivity index is 1.47. The lowest BCUT2D eigenvalue weighted by molar-refractivity contribution is 0.00758. The van der Waals surface area contributed by atoms with Crippen LogP contribution in [0.5, 0.6) is 5.75 Å². The molecular formula is C29H33N7O6. The summed E-state index contributed by atoms with van der Waals surface area (Å²) in [4.78, 5) is 54.6. The summed E-state index contributed by atoms with van der Waals surface area (Å²) in [5.74, 6) is 0.200. The van der Waals surface area contributed by atoms with Gasteiger partial charge < -0.3 is 19.9 Å². The first-order valence-electron chi connectivity index (χ1n) is 13.8. The maximum absolute atomic E-state index is 13.9. The van der Waals surface area contributed by atoms with Crippen molar-refractivity contribution in [3.8, 4) is 17.0 Å². The number of hydrogen-bond acceptors (Lipinski definition) is 10. The number of aromatic hydroxyl groups is 1. The number of imide groups is 1. The fraction of sp³-hybridized carbons (Fsp3) is 0.448. The van der Waals surface area contributed by atoms with Gasteiger partial charge in [-0.1, -0.05) is 0 Å². The highest BCUT2D eigenvalue weighted by atomic mass is 16.6. The van der Waals surface area contributed by atoms with Gasteiger partial charge >= 0.3 is 18.2 Å². The molecule has 13 nitrogen and oxygen atoms in total. The third kappa shape index (κ3) is 4.26. The molecule has 2 amide bonds. The highest BCUT2D eigenvalue weighted by molar-refractivity contribution is 6.05. The zero-order valence-electron chi connectivity index (χ0n) is 24.4. The number of nitrogens with zero attached hydrogens (tertiary/aromatic N) is 6. The molecule has 4 aromatic rings. The van der Waals surface area contributed by atoms with Crippen molar-refractivity contribution >= 4 is 40.3 Å². The molecule has 6 rings (SSSR count). The highest BCUT2D eigenvalue weighted by Crippen LogP contribution is 2.47. The summed E-state index contributed by atoms with van der Waals surface area (Å²) in [6.07, 6.45) is 2.42. The van der Waals surface area contributed by atoms with Crippen LogP contribution in [-0.2, 0) is 15.0 Å². The number of imidazole rings is 1. The van der Waals surface area contributed by atoms with Crippen LogP contribution in [-0.4, -0.2) is 76.6 Å². The minimum atomic E-state index is -1.02. The number of carbonyl (C=O) groups is 3. The quantitative estimate of drug-likeness (QED) is 0.325. The van der Waals surface area contributed by atoms with Gasteiger partial charge in [-0.05, 0) is 85.7 Å². The van der Waals surface area contributed by atoms with Gasteiger partial charge in [0.2, 0.25) is 0 Å². The summed E-state index contributed by atoms with van der Waals surface area (Å²) in [5, 5.41) is 15.3. The molecular weight excluding hydrogens is 542 g/mol. The van der Waals surface area contributed by atoms with Gasteiger partial charge in [0, 0.05) is 17.1 Å². The lowest BCUT2D eigenvalue weighted by atomic mass is 9.87. The second-order valence-corrected chi connectivity index (χ2v) is 12.6. The van der Waals surface area contributed by atoms with E-state index in [0.717, 1.165) is 0 Å². The van der Waals surface area contributed by atoms with Gasteiger partial charge in [0.25, 0.3) is 0 Å². The summed E-state index contributed by atoms with van der Waals surface area (Å²) in [5.41, 5.74) is -0.903. The van der Waals surface area contributed by atoms with Crippen molar-refractivity contribution < 1.29 is 29.0 Å². The van der Waals surface area contributed by atoms with Crippen LogP contribution in [0.3, 0.4) is 0 Å². The first kappa shape index (κ1) is 27.6. The van der Waals surface area contributed by atoms with E-state index in [4.69, 9.17) is 14.5 Å². The maximum Gasteiger partial charge on any atom is 0.420 e. The first-order valence-corrected chi connectivity index (χ1v) is 13.8. The number of rotatable bonds is 1. The molecule has 0 unspecified atom stereocenters. The van der Waals surface area contributed by atoms with E-state index in [1.807, 2.05) is 0 Å². The SMILES string of the molecule is CC(C)(C)OC(=O)N1C(=O)n2c(nc3c(O)c(-c4ncnc5c4ccn5C(=O)OC(C)(C)C)ccc32)C12CCNCC2.